The minimum Gasteiger partial charge on any atom is -0.365 e. The summed E-state index contributed by atoms with van der Waals surface area (Å²) < 4.78 is 7.75. The van der Waals surface area contributed by atoms with Crippen molar-refractivity contribution in [2.24, 2.45) is 0 Å². The lowest BCUT2D eigenvalue weighted by molar-refractivity contribution is -0.00118. The van der Waals surface area contributed by atoms with Gasteiger partial charge in [0.1, 0.15) is 6.10 Å². The van der Waals surface area contributed by atoms with Gasteiger partial charge in [-0.2, -0.15) is 5.10 Å². The van der Waals surface area contributed by atoms with Crippen molar-refractivity contribution in [3.8, 4) is 0 Å². The van der Waals surface area contributed by atoms with Crippen LogP contribution in [0.3, 0.4) is 0 Å². The molecule has 7 heteroatoms. The molecule has 1 N–H and O–H groups in total. The second-order valence-corrected chi connectivity index (χ2v) is 7.26. The molecule has 0 radical (unpaired) electrons. The van der Waals surface area contributed by atoms with Gasteiger partial charge in [0, 0.05) is 15.7 Å². The summed E-state index contributed by atoms with van der Waals surface area (Å²) in [6.07, 6.45) is -0.124. The van der Waals surface area contributed by atoms with E-state index in [0.717, 1.165) is 16.8 Å². The van der Waals surface area contributed by atoms with Crippen LogP contribution in [0.15, 0.2) is 48.5 Å². The van der Waals surface area contributed by atoms with Crippen LogP contribution >= 0.6 is 23.2 Å². The van der Waals surface area contributed by atoms with Gasteiger partial charge in [-0.1, -0.05) is 41.4 Å². The Morgan fingerprint density at radius 1 is 1.22 bits per heavy atom. The highest BCUT2D eigenvalue weighted by Gasteiger charge is 2.24. The number of ether oxygens (including phenoxy) is 1. The predicted molar refractivity (Wildman–Crippen MR) is 105 cm³/mol. The number of anilines is 1. The molecule has 2 heterocycles. The Morgan fingerprint density at radius 3 is 2.78 bits per heavy atom. The number of nitrogens with one attached hydrogen (secondary N) is 1. The summed E-state index contributed by atoms with van der Waals surface area (Å²) >= 11 is 12.1. The van der Waals surface area contributed by atoms with Crippen molar-refractivity contribution in [1.29, 1.82) is 0 Å². The van der Waals surface area contributed by atoms with Crippen LogP contribution in [-0.2, 0) is 17.9 Å². The fraction of sp³-hybridized carbons (Fsp3) is 0.200. The van der Waals surface area contributed by atoms with Crippen molar-refractivity contribution in [2.45, 2.75) is 26.2 Å². The van der Waals surface area contributed by atoms with Crippen molar-refractivity contribution >= 4 is 34.8 Å². The number of fused-ring (bicyclic) bond motifs is 1. The SMILES string of the molecule is Cc1c(Cl)cccc1NC(=O)c1cc2n(n1)CC(c1ccc(Cl)cc1)OC2. The lowest BCUT2D eigenvalue weighted by atomic mass is 10.1. The second kappa shape index (κ2) is 7.35. The summed E-state index contributed by atoms with van der Waals surface area (Å²) in [6, 6.07) is 14.7. The van der Waals surface area contributed by atoms with Crippen LogP contribution in [0.25, 0.3) is 0 Å². The van der Waals surface area contributed by atoms with E-state index in [4.69, 9.17) is 27.9 Å². The molecule has 0 saturated carbocycles. The molecule has 1 aromatic heterocycles. The Balaban J connectivity index is 1.52. The number of benzene rings is 2. The number of amides is 1. The van der Waals surface area contributed by atoms with Gasteiger partial charge in [-0.15, -0.1) is 0 Å². The van der Waals surface area contributed by atoms with Crippen LogP contribution in [0.5, 0.6) is 0 Å². The van der Waals surface area contributed by atoms with Gasteiger partial charge in [0.15, 0.2) is 5.69 Å². The molecule has 0 fully saturated rings. The summed E-state index contributed by atoms with van der Waals surface area (Å²) in [4.78, 5) is 12.6. The fourth-order valence-electron chi connectivity index (χ4n) is 3.04. The Hall–Kier alpha value is -2.34. The van der Waals surface area contributed by atoms with E-state index < -0.39 is 0 Å². The Bertz CT molecular complexity index is 999. The highest BCUT2D eigenvalue weighted by Crippen LogP contribution is 2.28. The first-order chi connectivity index (χ1) is 13.0. The van der Waals surface area contributed by atoms with Gasteiger partial charge in [0.2, 0.25) is 0 Å². The molecule has 0 spiro atoms. The second-order valence-electron chi connectivity index (χ2n) is 6.42. The van der Waals surface area contributed by atoms with Crippen LogP contribution in [0, 0.1) is 6.92 Å². The lowest BCUT2D eigenvalue weighted by Crippen LogP contribution is -2.22. The van der Waals surface area contributed by atoms with Gasteiger partial charge in [0.05, 0.1) is 18.8 Å². The van der Waals surface area contributed by atoms with Crippen molar-refractivity contribution in [2.75, 3.05) is 5.32 Å². The smallest absolute Gasteiger partial charge is 0.276 e. The highest BCUT2D eigenvalue weighted by atomic mass is 35.5. The maximum absolute atomic E-state index is 12.6. The normalized spacial score (nSPS) is 16.0. The molecular weight excluding hydrogens is 385 g/mol. The van der Waals surface area contributed by atoms with E-state index >= 15 is 0 Å². The van der Waals surface area contributed by atoms with Gasteiger partial charge >= 0.3 is 0 Å². The average Bonchev–Trinajstić information content (AvgIpc) is 3.09. The summed E-state index contributed by atoms with van der Waals surface area (Å²) in [5, 5.41) is 8.62. The number of rotatable bonds is 3. The standard InChI is InChI=1S/C20H17Cl2N3O2/c1-12-16(22)3-2-4-17(12)23-20(26)18-9-15-11-27-19(10-25(15)24-18)13-5-7-14(21)8-6-13/h2-9,19H,10-11H2,1H3,(H,23,26). The Morgan fingerprint density at radius 2 is 2.00 bits per heavy atom. The van der Waals surface area contributed by atoms with E-state index in [1.54, 1.807) is 18.2 Å². The number of aromatic nitrogens is 2. The van der Waals surface area contributed by atoms with Crippen molar-refractivity contribution in [3.05, 3.63) is 81.1 Å². The summed E-state index contributed by atoms with van der Waals surface area (Å²) in [5.74, 6) is -0.273. The van der Waals surface area contributed by atoms with E-state index in [-0.39, 0.29) is 12.0 Å². The zero-order valence-corrected chi connectivity index (χ0v) is 16.1. The van der Waals surface area contributed by atoms with E-state index in [1.165, 1.54) is 0 Å². The topological polar surface area (TPSA) is 56.2 Å². The van der Waals surface area contributed by atoms with E-state index in [0.29, 0.717) is 34.6 Å². The first-order valence-electron chi connectivity index (χ1n) is 8.51. The first-order valence-corrected chi connectivity index (χ1v) is 9.27. The van der Waals surface area contributed by atoms with Crippen LogP contribution in [0.2, 0.25) is 10.0 Å². The van der Waals surface area contributed by atoms with Gasteiger partial charge in [-0.05, 0) is 48.4 Å². The number of hydrogen-bond acceptors (Lipinski definition) is 3. The number of hydrogen-bond donors (Lipinski definition) is 1. The first kappa shape index (κ1) is 18.0. The molecule has 27 heavy (non-hydrogen) atoms. The quantitative estimate of drug-likeness (QED) is 0.669. The third-order valence-electron chi connectivity index (χ3n) is 4.62. The maximum Gasteiger partial charge on any atom is 0.276 e. The van der Waals surface area contributed by atoms with Crippen molar-refractivity contribution < 1.29 is 9.53 Å². The zero-order valence-electron chi connectivity index (χ0n) is 14.6. The van der Waals surface area contributed by atoms with Gasteiger partial charge in [0.25, 0.3) is 5.91 Å². The molecule has 1 amide bonds. The molecule has 0 aliphatic carbocycles. The molecule has 0 bridgehead atoms. The summed E-state index contributed by atoms with van der Waals surface area (Å²) in [7, 11) is 0. The predicted octanol–water partition coefficient (Wildman–Crippen LogP) is 5.02. The molecule has 3 aromatic rings. The maximum atomic E-state index is 12.6. The molecule has 1 unspecified atom stereocenters. The molecular formula is C20H17Cl2N3O2. The molecule has 0 saturated heterocycles. The molecule has 1 aliphatic rings. The van der Waals surface area contributed by atoms with E-state index in [2.05, 4.69) is 10.4 Å². The van der Waals surface area contributed by atoms with Gasteiger partial charge in [-0.25, -0.2) is 0 Å². The number of carbonyl (C=O) groups is 1. The molecule has 138 valence electrons. The lowest BCUT2D eigenvalue weighted by Gasteiger charge is -2.24. The van der Waals surface area contributed by atoms with E-state index in [1.807, 2.05) is 41.9 Å². The van der Waals surface area contributed by atoms with Crippen molar-refractivity contribution in [3.63, 3.8) is 0 Å². The molecule has 1 aliphatic heterocycles. The number of halogens is 2. The largest absolute Gasteiger partial charge is 0.365 e. The monoisotopic (exact) mass is 401 g/mol. The number of nitrogens with zero attached hydrogens (tertiary/aromatic N) is 2. The van der Waals surface area contributed by atoms with Gasteiger partial charge in [-0.3, -0.25) is 9.48 Å². The molecule has 2 aromatic carbocycles. The summed E-state index contributed by atoms with van der Waals surface area (Å²) in [5.41, 5.74) is 3.75. The van der Waals surface area contributed by atoms with Crippen LogP contribution in [-0.4, -0.2) is 15.7 Å². The van der Waals surface area contributed by atoms with E-state index in [9.17, 15) is 4.79 Å². The number of carbonyl (C=O) groups excluding carboxylic acids is 1. The Kier molecular flexibility index (Phi) is 4.91. The third kappa shape index (κ3) is 3.72. The molecule has 4 rings (SSSR count). The average molecular weight is 402 g/mol. The van der Waals surface area contributed by atoms with Crippen LogP contribution < -0.4 is 5.32 Å². The minimum atomic E-state index is -0.273. The fourth-order valence-corrected chi connectivity index (χ4v) is 3.35. The molecule has 5 nitrogen and oxygen atoms in total. The van der Waals surface area contributed by atoms with Crippen LogP contribution in [0.4, 0.5) is 5.69 Å². The minimum absolute atomic E-state index is 0.124. The van der Waals surface area contributed by atoms with Crippen molar-refractivity contribution in [1.82, 2.24) is 9.78 Å². The molecule has 1 atom stereocenters. The third-order valence-corrected chi connectivity index (χ3v) is 5.29. The zero-order chi connectivity index (χ0) is 19.0. The van der Waals surface area contributed by atoms with Gasteiger partial charge < -0.3 is 10.1 Å². The van der Waals surface area contributed by atoms with Crippen LogP contribution in [0.1, 0.15) is 33.4 Å². The highest BCUT2D eigenvalue weighted by molar-refractivity contribution is 6.31. The summed E-state index contributed by atoms with van der Waals surface area (Å²) in [6.45, 7) is 2.80. The Labute approximate surface area is 166 Å².